The molecular formula is C18H22N6OS. The predicted octanol–water partition coefficient (Wildman–Crippen LogP) is 3.43. The van der Waals surface area contributed by atoms with E-state index < -0.39 is 0 Å². The van der Waals surface area contributed by atoms with Gasteiger partial charge in [0.2, 0.25) is 5.13 Å². The van der Waals surface area contributed by atoms with Gasteiger partial charge in [-0.2, -0.15) is 5.10 Å². The number of carbonyl (C=O) groups is 1. The van der Waals surface area contributed by atoms with E-state index in [9.17, 15) is 4.79 Å². The van der Waals surface area contributed by atoms with Crippen LogP contribution in [0.15, 0.2) is 42.6 Å². The largest absolute Gasteiger partial charge is 0.337 e. The maximum atomic E-state index is 11.9. The van der Waals surface area contributed by atoms with Crippen molar-refractivity contribution in [1.29, 1.82) is 0 Å². The van der Waals surface area contributed by atoms with Gasteiger partial charge in [0.25, 0.3) is 0 Å². The highest BCUT2D eigenvalue weighted by molar-refractivity contribution is 7.15. The number of urea groups is 1. The molecule has 2 N–H and O–H groups in total. The molecule has 26 heavy (non-hydrogen) atoms. The third-order valence-corrected chi connectivity index (χ3v) is 4.66. The van der Waals surface area contributed by atoms with E-state index in [-0.39, 0.29) is 6.03 Å². The lowest BCUT2D eigenvalue weighted by Gasteiger charge is -2.04. The fourth-order valence-electron chi connectivity index (χ4n) is 2.40. The first-order chi connectivity index (χ1) is 12.7. The molecule has 1 aromatic carbocycles. The van der Waals surface area contributed by atoms with Crippen molar-refractivity contribution in [3.8, 4) is 5.69 Å². The minimum atomic E-state index is -0.273. The van der Waals surface area contributed by atoms with Crippen LogP contribution in [0.25, 0.3) is 5.69 Å². The first-order valence-corrected chi connectivity index (χ1v) is 9.53. The predicted molar refractivity (Wildman–Crippen MR) is 103 cm³/mol. The summed E-state index contributed by atoms with van der Waals surface area (Å²) in [6, 6.07) is 11.6. The molecule has 7 nitrogen and oxygen atoms in total. The van der Waals surface area contributed by atoms with Crippen LogP contribution in [0.4, 0.5) is 9.93 Å². The SMILES string of the molecule is CCCCc1nnc(NC(=O)NCCc2ccn(-c3ccccc3)n2)s1. The van der Waals surface area contributed by atoms with Crippen LogP contribution in [-0.2, 0) is 12.8 Å². The van der Waals surface area contributed by atoms with Gasteiger partial charge in [0.15, 0.2) is 0 Å². The molecule has 2 amide bonds. The Morgan fingerprint density at radius 1 is 1.15 bits per heavy atom. The number of nitrogens with one attached hydrogen (secondary N) is 2. The molecule has 3 aromatic rings. The van der Waals surface area contributed by atoms with Crippen molar-refractivity contribution in [1.82, 2.24) is 25.3 Å². The second kappa shape index (κ2) is 9.10. The highest BCUT2D eigenvalue weighted by Crippen LogP contribution is 2.16. The molecular weight excluding hydrogens is 348 g/mol. The third-order valence-electron chi connectivity index (χ3n) is 3.76. The zero-order valence-electron chi connectivity index (χ0n) is 14.7. The molecule has 2 aromatic heterocycles. The number of benzene rings is 1. The topological polar surface area (TPSA) is 84.7 Å². The molecule has 2 heterocycles. The van der Waals surface area contributed by atoms with Gasteiger partial charge < -0.3 is 5.32 Å². The number of carbonyl (C=O) groups excluding carboxylic acids is 1. The summed E-state index contributed by atoms with van der Waals surface area (Å²) in [7, 11) is 0. The lowest BCUT2D eigenvalue weighted by molar-refractivity contribution is 0.252. The standard InChI is InChI=1S/C18H22N6OS/c1-2-3-9-16-21-22-18(26-16)20-17(25)19-12-10-14-11-13-24(23-14)15-7-5-4-6-8-15/h4-8,11,13H,2-3,9-10,12H2,1H3,(H2,19,20,22,25). The highest BCUT2D eigenvalue weighted by Gasteiger charge is 2.08. The van der Waals surface area contributed by atoms with Crippen molar-refractivity contribution in [2.75, 3.05) is 11.9 Å². The van der Waals surface area contributed by atoms with Crippen molar-refractivity contribution >= 4 is 22.5 Å². The highest BCUT2D eigenvalue weighted by atomic mass is 32.1. The summed E-state index contributed by atoms with van der Waals surface area (Å²) in [4.78, 5) is 11.9. The molecule has 0 saturated heterocycles. The molecule has 0 bridgehead atoms. The Hall–Kier alpha value is -2.74. The number of anilines is 1. The van der Waals surface area contributed by atoms with Crippen LogP contribution in [-0.4, -0.2) is 32.6 Å². The van der Waals surface area contributed by atoms with Crippen LogP contribution in [0.2, 0.25) is 0 Å². The Balaban J connectivity index is 1.42. The summed E-state index contributed by atoms with van der Waals surface area (Å²) < 4.78 is 1.83. The van der Waals surface area contributed by atoms with Crippen molar-refractivity contribution in [3.63, 3.8) is 0 Å². The van der Waals surface area contributed by atoms with Gasteiger partial charge >= 0.3 is 6.03 Å². The molecule has 0 aliphatic rings. The van der Waals surface area contributed by atoms with Crippen molar-refractivity contribution in [2.24, 2.45) is 0 Å². The number of para-hydroxylation sites is 1. The van der Waals surface area contributed by atoms with Gasteiger partial charge in [-0.05, 0) is 24.6 Å². The minimum Gasteiger partial charge on any atom is -0.337 e. The maximum Gasteiger partial charge on any atom is 0.321 e. The van der Waals surface area contributed by atoms with E-state index >= 15 is 0 Å². The molecule has 3 rings (SSSR count). The molecule has 8 heteroatoms. The molecule has 0 fully saturated rings. The number of amides is 2. The zero-order chi connectivity index (χ0) is 18.2. The van der Waals surface area contributed by atoms with Crippen LogP contribution in [0.1, 0.15) is 30.5 Å². The molecule has 0 aliphatic carbocycles. The maximum absolute atomic E-state index is 11.9. The second-order valence-electron chi connectivity index (χ2n) is 5.82. The van der Waals surface area contributed by atoms with Gasteiger partial charge in [-0.3, -0.25) is 5.32 Å². The Morgan fingerprint density at radius 3 is 2.81 bits per heavy atom. The Bertz CT molecular complexity index is 829. The fraction of sp³-hybridized carbons (Fsp3) is 0.333. The number of aryl methyl sites for hydroxylation is 1. The number of hydrogen-bond donors (Lipinski definition) is 2. The Morgan fingerprint density at radius 2 is 2.00 bits per heavy atom. The minimum absolute atomic E-state index is 0.273. The van der Waals surface area contributed by atoms with Crippen LogP contribution < -0.4 is 10.6 Å². The number of rotatable bonds is 8. The van der Waals surface area contributed by atoms with E-state index in [4.69, 9.17) is 0 Å². The van der Waals surface area contributed by atoms with Gasteiger partial charge in [-0.15, -0.1) is 10.2 Å². The van der Waals surface area contributed by atoms with E-state index in [0.717, 1.165) is 35.7 Å². The van der Waals surface area contributed by atoms with Gasteiger partial charge in [-0.1, -0.05) is 42.9 Å². The van der Waals surface area contributed by atoms with Crippen LogP contribution in [0.3, 0.4) is 0 Å². The quantitative estimate of drug-likeness (QED) is 0.636. The lowest BCUT2D eigenvalue weighted by atomic mass is 10.3. The number of hydrogen-bond acceptors (Lipinski definition) is 5. The van der Waals surface area contributed by atoms with E-state index in [0.29, 0.717) is 18.1 Å². The molecule has 0 spiro atoms. The Labute approximate surface area is 156 Å². The Kier molecular flexibility index (Phi) is 6.32. The summed E-state index contributed by atoms with van der Waals surface area (Å²) in [5, 5.41) is 19.6. The van der Waals surface area contributed by atoms with Crippen molar-refractivity contribution < 1.29 is 4.79 Å². The normalized spacial score (nSPS) is 10.7. The first kappa shape index (κ1) is 18.1. The molecule has 0 saturated carbocycles. The first-order valence-electron chi connectivity index (χ1n) is 8.72. The third kappa shape index (κ3) is 5.13. The molecule has 0 atom stereocenters. The van der Waals surface area contributed by atoms with Crippen LogP contribution in [0.5, 0.6) is 0 Å². The number of unbranched alkanes of at least 4 members (excludes halogenated alkanes) is 1. The number of aromatic nitrogens is 4. The smallest absolute Gasteiger partial charge is 0.321 e. The number of nitrogens with zero attached hydrogens (tertiary/aromatic N) is 4. The van der Waals surface area contributed by atoms with Crippen LogP contribution >= 0.6 is 11.3 Å². The summed E-state index contributed by atoms with van der Waals surface area (Å²) in [6.07, 6.45) is 5.68. The lowest BCUT2D eigenvalue weighted by Crippen LogP contribution is -2.30. The molecule has 0 aliphatic heterocycles. The molecule has 0 radical (unpaired) electrons. The van der Waals surface area contributed by atoms with Crippen LogP contribution in [0, 0.1) is 0 Å². The zero-order valence-corrected chi connectivity index (χ0v) is 15.5. The van der Waals surface area contributed by atoms with E-state index in [1.165, 1.54) is 11.3 Å². The van der Waals surface area contributed by atoms with Gasteiger partial charge in [0, 0.05) is 25.6 Å². The fourth-order valence-corrected chi connectivity index (χ4v) is 3.17. The van der Waals surface area contributed by atoms with Gasteiger partial charge in [0.05, 0.1) is 11.4 Å². The van der Waals surface area contributed by atoms with E-state index in [2.05, 4.69) is 32.9 Å². The average molecular weight is 370 g/mol. The second-order valence-corrected chi connectivity index (χ2v) is 6.88. The van der Waals surface area contributed by atoms with Gasteiger partial charge in [-0.25, -0.2) is 9.48 Å². The average Bonchev–Trinajstić information content (AvgIpc) is 3.30. The van der Waals surface area contributed by atoms with Gasteiger partial charge in [0.1, 0.15) is 5.01 Å². The van der Waals surface area contributed by atoms with Crippen molar-refractivity contribution in [2.45, 2.75) is 32.6 Å². The monoisotopic (exact) mass is 370 g/mol. The molecule has 136 valence electrons. The van der Waals surface area contributed by atoms with E-state index in [1.54, 1.807) is 0 Å². The summed E-state index contributed by atoms with van der Waals surface area (Å²) in [5.41, 5.74) is 1.94. The van der Waals surface area contributed by atoms with Crippen molar-refractivity contribution in [3.05, 3.63) is 53.3 Å². The van der Waals surface area contributed by atoms with E-state index in [1.807, 2.05) is 47.3 Å². The summed E-state index contributed by atoms with van der Waals surface area (Å²) in [6.45, 7) is 2.63. The summed E-state index contributed by atoms with van der Waals surface area (Å²) >= 11 is 1.42. The molecule has 0 unspecified atom stereocenters. The summed E-state index contributed by atoms with van der Waals surface area (Å²) in [5.74, 6) is 0.